The molecule has 1 saturated carbocycles. The standard InChI is InChI=1S/C28H32ClN3O4S/c1-20(28(34)30-24-13-4-5-14-24)31(18-21-9-7-12-23(29)17-21)27(33)19-32(37(2,35)36)26-16-8-11-22-10-3-6-15-25(22)26/h3,6-12,15-17,20,24H,4-5,13-14,18-19H2,1-2H3,(H,30,34)/t20-/m1/s1. The lowest BCUT2D eigenvalue weighted by Gasteiger charge is -2.32. The summed E-state index contributed by atoms with van der Waals surface area (Å²) in [7, 11) is -3.82. The lowest BCUT2D eigenvalue weighted by Crippen LogP contribution is -2.52. The minimum atomic E-state index is -3.82. The number of anilines is 1. The van der Waals surface area contributed by atoms with Gasteiger partial charge in [0.2, 0.25) is 21.8 Å². The third-order valence-electron chi connectivity index (χ3n) is 6.83. The molecule has 3 aromatic carbocycles. The van der Waals surface area contributed by atoms with Gasteiger partial charge in [-0.1, -0.05) is 73.0 Å². The fraction of sp³-hybridized carbons (Fsp3) is 0.357. The van der Waals surface area contributed by atoms with Gasteiger partial charge in [0.15, 0.2) is 0 Å². The van der Waals surface area contributed by atoms with E-state index in [9.17, 15) is 18.0 Å². The number of nitrogens with zero attached hydrogens (tertiary/aromatic N) is 2. The zero-order chi connectivity index (χ0) is 26.6. The van der Waals surface area contributed by atoms with Crippen molar-refractivity contribution >= 4 is 49.9 Å². The highest BCUT2D eigenvalue weighted by atomic mass is 35.5. The Hall–Kier alpha value is -3.10. The maximum atomic E-state index is 13.8. The Bertz CT molecular complexity index is 1380. The summed E-state index contributed by atoms with van der Waals surface area (Å²) in [6, 6.07) is 19.1. The molecular weight excluding hydrogens is 510 g/mol. The summed E-state index contributed by atoms with van der Waals surface area (Å²) >= 11 is 6.17. The minimum Gasteiger partial charge on any atom is -0.352 e. The number of carbonyl (C=O) groups excluding carboxylic acids is 2. The first-order chi connectivity index (χ1) is 17.6. The van der Waals surface area contributed by atoms with Gasteiger partial charge in [0, 0.05) is 23.0 Å². The van der Waals surface area contributed by atoms with Gasteiger partial charge in [-0.15, -0.1) is 0 Å². The molecule has 1 aliphatic rings. The molecule has 0 aromatic heterocycles. The Morgan fingerprint density at radius 1 is 1.03 bits per heavy atom. The second-order valence-electron chi connectivity index (χ2n) is 9.59. The summed E-state index contributed by atoms with van der Waals surface area (Å²) in [5.74, 6) is -0.731. The number of carbonyl (C=O) groups is 2. The smallest absolute Gasteiger partial charge is 0.244 e. The average Bonchev–Trinajstić information content (AvgIpc) is 3.37. The third kappa shape index (κ3) is 6.62. The van der Waals surface area contributed by atoms with E-state index in [1.165, 1.54) is 4.90 Å². The van der Waals surface area contributed by atoms with E-state index in [4.69, 9.17) is 11.6 Å². The number of halogens is 1. The van der Waals surface area contributed by atoms with E-state index >= 15 is 0 Å². The quantitative estimate of drug-likeness (QED) is 0.424. The lowest BCUT2D eigenvalue weighted by molar-refractivity contribution is -0.139. The average molecular weight is 542 g/mol. The Kier molecular flexibility index (Phi) is 8.39. The van der Waals surface area contributed by atoms with Gasteiger partial charge >= 0.3 is 0 Å². The molecule has 4 rings (SSSR count). The zero-order valence-electron chi connectivity index (χ0n) is 21.1. The monoisotopic (exact) mass is 541 g/mol. The summed E-state index contributed by atoms with van der Waals surface area (Å²) in [5, 5.41) is 5.16. The molecule has 7 nitrogen and oxygen atoms in total. The molecule has 0 bridgehead atoms. The predicted octanol–water partition coefficient (Wildman–Crippen LogP) is 4.74. The van der Waals surface area contributed by atoms with Crippen LogP contribution in [0.5, 0.6) is 0 Å². The third-order valence-corrected chi connectivity index (χ3v) is 8.19. The van der Waals surface area contributed by atoms with E-state index in [0.717, 1.165) is 52.6 Å². The molecule has 1 aliphatic carbocycles. The Morgan fingerprint density at radius 3 is 2.41 bits per heavy atom. The first-order valence-electron chi connectivity index (χ1n) is 12.4. The maximum Gasteiger partial charge on any atom is 0.244 e. The van der Waals surface area contributed by atoms with Crippen molar-refractivity contribution in [1.82, 2.24) is 10.2 Å². The Balaban J connectivity index is 1.66. The van der Waals surface area contributed by atoms with E-state index in [2.05, 4.69) is 5.32 Å². The molecule has 0 radical (unpaired) electrons. The number of sulfonamides is 1. The van der Waals surface area contributed by atoms with Crippen LogP contribution in [0.25, 0.3) is 10.8 Å². The fourth-order valence-corrected chi connectivity index (χ4v) is 5.90. The number of hydrogen-bond donors (Lipinski definition) is 1. The molecule has 3 aromatic rings. The van der Waals surface area contributed by atoms with Crippen LogP contribution in [0.1, 0.15) is 38.2 Å². The topological polar surface area (TPSA) is 86.8 Å². The molecule has 1 atom stereocenters. The molecule has 0 aliphatic heterocycles. The van der Waals surface area contributed by atoms with Gasteiger partial charge in [-0.3, -0.25) is 13.9 Å². The van der Waals surface area contributed by atoms with Gasteiger partial charge in [0.05, 0.1) is 11.9 Å². The number of hydrogen-bond acceptors (Lipinski definition) is 4. The molecular formula is C28H32ClN3O4S. The number of nitrogens with one attached hydrogen (secondary N) is 1. The number of amides is 2. The van der Waals surface area contributed by atoms with E-state index in [1.807, 2.05) is 36.4 Å². The SMILES string of the molecule is C[C@H](C(=O)NC1CCCC1)N(Cc1cccc(Cl)c1)C(=O)CN(c1cccc2ccccc12)S(C)(=O)=O. The van der Waals surface area contributed by atoms with Crippen LogP contribution >= 0.6 is 11.6 Å². The van der Waals surface area contributed by atoms with Crippen molar-refractivity contribution in [3.8, 4) is 0 Å². The van der Waals surface area contributed by atoms with Gasteiger partial charge in [0.1, 0.15) is 12.6 Å². The molecule has 0 spiro atoms. The first-order valence-corrected chi connectivity index (χ1v) is 14.7. The van der Waals surface area contributed by atoms with E-state index in [0.29, 0.717) is 10.7 Å². The molecule has 37 heavy (non-hydrogen) atoms. The molecule has 196 valence electrons. The molecule has 0 saturated heterocycles. The normalized spacial score (nSPS) is 14.9. The summed E-state index contributed by atoms with van der Waals surface area (Å²) in [6.45, 7) is 1.36. The highest BCUT2D eigenvalue weighted by molar-refractivity contribution is 7.92. The van der Waals surface area contributed by atoms with Crippen molar-refractivity contribution in [3.05, 3.63) is 77.3 Å². The fourth-order valence-electron chi connectivity index (χ4n) is 4.83. The van der Waals surface area contributed by atoms with Crippen LogP contribution in [-0.2, 0) is 26.2 Å². The number of fused-ring (bicyclic) bond motifs is 1. The first kappa shape index (κ1) is 26.9. The van der Waals surface area contributed by atoms with Crippen LogP contribution in [0.4, 0.5) is 5.69 Å². The Labute approximate surface area is 223 Å². The summed E-state index contributed by atoms with van der Waals surface area (Å²) < 4.78 is 27.0. The van der Waals surface area contributed by atoms with Crippen molar-refractivity contribution in [2.75, 3.05) is 17.1 Å². The van der Waals surface area contributed by atoms with Gasteiger partial charge in [-0.2, -0.15) is 0 Å². The molecule has 1 N–H and O–H groups in total. The second kappa shape index (κ2) is 11.5. The molecule has 2 amide bonds. The van der Waals surface area contributed by atoms with Crippen molar-refractivity contribution < 1.29 is 18.0 Å². The highest BCUT2D eigenvalue weighted by Gasteiger charge is 2.31. The van der Waals surface area contributed by atoms with Crippen molar-refractivity contribution in [3.63, 3.8) is 0 Å². The zero-order valence-corrected chi connectivity index (χ0v) is 22.6. The number of benzene rings is 3. The molecule has 0 unspecified atom stereocenters. The predicted molar refractivity (Wildman–Crippen MR) is 148 cm³/mol. The van der Waals surface area contributed by atoms with Crippen molar-refractivity contribution in [2.45, 2.75) is 51.2 Å². The molecule has 0 heterocycles. The minimum absolute atomic E-state index is 0.0984. The van der Waals surface area contributed by atoms with E-state index < -0.39 is 28.5 Å². The van der Waals surface area contributed by atoms with Gasteiger partial charge < -0.3 is 10.2 Å². The lowest BCUT2D eigenvalue weighted by atomic mass is 10.1. The van der Waals surface area contributed by atoms with Crippen LogP contribution < -0.4 is 9.62 Å². The van der Waals surface area contributed by atoms with Gasteiger partial charge in [0.25, 0.3) is 0 Å². The summed E-state index contributed by atoms with van der Waals surface area (Å²) in [6.07, 6.45) is 5.06. The number of rotatable bonds is 9. The van der Waals surface area contributed by atoms with Crippen LogP contribution in [0.3, 0.4) is 0 Å². The molecule has 9 heteroatoms. The van der Waals surface area contributed by atoms with E-state index in [-0.39, 0.29) is 18.5 Å². The van der Waals surface area contributed by atoms with Gasteiger partial charge in [-0.05, 0) is 48.9 Å². The van der Waals surface area contributed by atoms with Crippen LogP contribution in [0.2, 0.25) is 5.02 Å². The van der Waals surface area contributed by atoms with Crippen molar-refractivity contribution in [2.24, 2.45) is 0 Å². The Morgan fingerprint density at radius 2 is 1.70 bits per heavy atom. The van der Waals surface area contributed by atoms with Crippen LogP contribution in [0.15, 0.2) is 66.7 Å². The molecule has 1 fully saturated rings. The second-order valence-corrected chi connectivity index (χ2v) is 11.9. The van der Waals surface area contributed by atoms with Crippen molar-refractivity contribution in [1.29, 1.82) is 0 Å². The van der Waals surface area contributed by atoms with Gasteiger partial charge in [-0.25, -0.2) is 8.42 Å². The largest absolute Gasteiger partial charge is 0.352 e. The summed E-state index contributed by atoms with van der Waals surface area (Å²) in [4.78, 5) is 28.4. The summed E-state index contributed by atoms with van der Waals surface area (Å²) in [5.41, 5.74) is 1.16. The van der Waals surface area contributed by atoms with Crippen LogP contribution in [0, 0.1) is 0 Å². The van der Waals surface area contributed by atoms with Crippen LogP contribution in [-0.4, -0.2) is 50.0 Å². The highest BCUT2D eigenvalue weighted by Crippen LogP contribution is 2.29. The van der Waals surface area contributed by atoms with E-state index in [1.54, 1.807) is 37.3 Å². The maximum absolute atomic E-state index is 13.8.